The molecule has 0 spiro atoms. The lowest BCUT2D eigenvalue weighted by Crippen LogP contribution is -2.21. The number of aryl methyl sites for hydroxylation is 2. The SMILES string of the molecule is Cc1ccc(F)c(C(=O)C2CCCc3cccnc32)c1. The molecular weight excluding hydrogens is 253 g/mol. The first-order valence-electron chi connectivity index (χ1n) is 6.91. The number of halogens is 1. The largest absolute Gasteiger partial charge is 0.293 e. The average molecular weight is 269 g/mol. The van der Waals surface area contributed by atoms with Crippen LogP contribution in [0.5, 0.6) is 0 Å². The van der Waals surface area contributed by atoms with Gasteiger partial charge >= 0.3 is 0 Å². The molecule has 1 aromatic heterocycles. The van der Waals surface area contributed by atoms with Crippen LogP contribution in [0.1, 0.15) is 45.9 Å². The van der Waals surface area contributed by atoms with E-state index in [0.29, 0.717) is 0 Å². The summed E-state index contributed by atoms with van der Waals surface area (Å²) in [6.07, 6.45) is 4.35. The van der Waals surface area contributed by atoms with Gasteiger partial charge in [-0.2, -0.15) is 0 Å². The number of fused-ring (bicyclic) bond motifs is 1. The third kappa shape index (κ3) is 2.24. The Labute approximate surface area is 117 Å². The van der Waals surface area contributed by atoms with Crippen LogP contribution in [0.4, 0.5) is 4.39 Å². The maximum absolute atomic E-state index is 13.9. The summed E-state index contributed by atoms with van der Waals surface area (Å²) in [6.45, 7) is 1.86. The maximum Gasteiger partial charge on any atom is 0.174 e. The van der Waals surface area contributed by atoms with Gasteiger partial charge in [0.15, 0.2) is 5.78 Å². The molecule has 3 rings (SSSR count). The molecule has 1 aliphatic rings. The fourth-order valence-corrected chi connectivity index (χ4v) is 2.88. The molecule has 0 N–H and O–H groups in total. The van der Waals surface area contributed by atoms with E-state index in [2.05, 4.69) is 4.98 Å². The van der Waals surface area contributed by atoms with E-state index in [-0.39, 0.29) is 17.3 Å². The van der Waals surface area contributed by atoms with Crippen molar-refractivity contribution in [2.45, 2.75) is 32.1 Å². The molecule has 102 valence electrons. The molecule has 0 radical (unpaired) electrons. The maximum atomic E-state index is 13.9. The zero-order valence-electron chi connectivity index (χ0n) is 11.4. The average Bonchev–Trinajstić information content (AvgIpc) is 2.48. The monoisotopic (exact) mass is 269 g/mol. The number of rotatable bonds is 2. The number of carbonyl (C=O) groups excluding carboxylic acids is 1. The van der Waals surface area contributed by atoms with Crippen LogP contribution in [0, 0.1) is 12.7 Å². The van der Waals surface area contributed by atoms with Crippen molar-refractivity contribution in [3.63, 3.8) is 0 Å². The highest BCUT2D eigenvalue weighted by atomic mass is 19.1. The lowest BCUT2D eigenvalue weighted by Gasteiger charge is -2.23. The molecule has 2 nitrogen and oxygen atoms in total. The van der Waals surface area contributed by atoms with Gasteiger partial charge in [-0.05, 0) is 49.9 Å². The number of hydrogen-bond donors (Lipinski definition) is 0. The number of benzene rings is 1. The van der Waals surface area contributed by atoms with Gasteiger partial charge in [-0.1, -0.05) is 17.7 Å². The minimum absolute atomic E-state index is 0.147. The number of Topliss-reactive ketones (excluding diaryl/α,β-unsaturated/α-hetero) is 1. The summed E-state index contributed by atoms with van der Waals surface area (Å²) in [5.41, 5.74) is 3.02. The lowest BCUT2D eigenvalue weighted by atomic mass is 9.82. The van der Waals surface area contributed by atoms with E-state index in [1.807, 2.05) is 19.1 Å². The first-order valence-corrected chi connectivity index (χ1v) is 6.91. The molecule has 1 atom stereocenters. The second kappa shape index (κ2) is 5.16. The third-order valence-electron chi connectivity index (χ3n) is 3.90. The van der Waals surface area contributed by atoms with Gasteiger partial charge in [-0.15, -0.1) is 0 Å². The van der Waals surface area contributed by atoms with Crippen molar-refractivity contribution in [3.05, 3.63) is 64.7 Å². The van der Waals surface area contributed by atoms with E-state index in [0.717, 1.165) is 36.1 Å². The lowest BCUT2D eigenvalue weighted by molar-refractivity contribution is 0.0945. The molecule has 1 aliphatic carbocycles. The van der Waals surface area contributed by atoms with Gasteiger partial charge in [0.05, 0.1) is 17.2 Å². The molecule has 0 bridgehead atoms. The van der Waals surface area contributed by atoms with Crippen LogP contribution in [0.15, 0.2) is 36.5 Å². The van der Waals surface area contributed by atoms with Crippen molar-refractivity contribution in [3.8, 4) is 0 Å². The van der Waals surface area contributed by atoms with Crippen molar-refractivity contribution in [1.82, 2.24) is 4.98 Å². The second-order valence-electron chi connectivity index (χ2n) is 5.34. The van der Waals surface area contributed by atoms with Crippen molar-refractivity contribution in [1.29, 1.82) is 0 Å². The Hall–Kier alpha value is -2.03. The van der Waals surface area contributed by atoms with Crippen LogP contribution in [0.25, 0.3) is 0 Å². The predicted molar refractivity (Wildman–Crippen MR) is 75.4 cm³/mol. The molecule has 3 heteroatoms. The van der Waals surface area contributed by atoms with Gasteiger partial charge in [-0.25, -0.2) is 4.39 Å². The Morgan fingerprint density at radius 1 is 1.35 bits per heavy atom. The second-order valence-corrected chi connectivity index (χ2v) is 5.34. The highest BCUT2D eigenvalue weighted by Crippen LogP contribution is 2.33. The Bertz CT molecular complexity index is 666. The number of nitrogens with zero attached hydrogens (tertiary/aromatic N) is 1. The van der Waals surface area contributed by atoms with Crippen molar-refractivity contribution < 1.29 is 9.18 Å². The standard InChI is InChI=1S/C17H16FNO/c1-11-7-8-15(18)14(10-11)17(20)13-6-2-4-12-5-3-9-19-16(12)13/h3,5,7-10,13H,2,4,6H2,1H3. The Balaban J connectivity index is 2.02. The summed E-state index contributed by atoms with van der Waals surface area (Å²) in [7, 11) is 0. The van der Waals surface area contributed by atoms with Gasteiger partial charge in [0, 0.05) is 6.20 Å². The fourth-order valence-electron chi connectivity index (χ4n) is 2.88. The van der Waals surface area contributed by atoms with E-state index < -0.39 is 5.82 Å². The summed E-state index contributed by atoms with van der Waals surface area (Å²) in [5, 5.41) is 0. The fraction of sp³-hybridized carbons (Fsp3) is 0.294. The molecule has 0 saturated heterocycles. The Morgan fingerprint density at radius 3 is 3.05 bits per heavy atom. The zero-order chi connectivity index (χ0) is 14.1. The van der Waals surface area contributed by atoms with Gasteiger partial charge in [-0.3, -0.25) is 9.78 Å². The normalized spacial score (nSPS) is 17.6. The van der Waals surface area contributed by atoms with E-state index in [9.17, 15) is 9.18 Å². The molecule has 1 heterocycles. The van der Waals surface area contributed by atoms with Crippen LogP contribution < -0.4 is 0 Å². The number of hydrogen-bond acceptors (Lipinski definition) is 2. The smallest absolute Gasteiger partial charge is 0.174 e. The number of ketones is 1. The predicted octanol–water partition coefficient (Wildman–Crippen LogP) is 3.83. The number of aromatic nitrogens is 1. The summed E-state index contributed by atoms with van der Waals surface area (Å²) in [6, 6.07) is 8.58. The van der Waals surface area contributed by atoms with E-state index >= 15 is 0 Å². The van der Waals surface area contributed by atoms with Crippen molar-refractivity contribution in [2.24, 2.45) is 0 Å². The number of pyridine rings is 1. The quantitative estimate of drug-likeness (QED) is 0.775. The Kier molecular flexibility index (Phi) is 3.35. The first-order chi connectivity index (χ1) is 9.66. The molecule has 0 fully saturated rings. The molecule has 1 unspecified atom stereocenters. The van der Waals surface area contributed by atoms with Crippen LogP contribution in [0.3, 0.4) is 0 Å². The summed E-state index contributed by atoms with van der Waals surface area (Å²) >= 11 is 0. The minimum Gasteiger partial charge on any atom is -0.293 e. The van der Waals surface area contributed by atoms with Crippen LogP contribution in [-0.4, -0.2) is 10.8 Å². The van der Waals surface area contributed by atoms with Gasteiger partial charge in [0.1, 0.15) is 5.82 Å². The highest BCUT2D eigenvalue weighted by Gasteiger charge is 2.29. The van der Waals surface area contributed by atoms with E-state index in [1.165, 1.54) is 6.07 Å². The molecule has 0 saturated carbocycles. The van der Waals surface area contributed by atoms with Gasteiger partial charge < -0.3 is 0 Å². The Morgan fingerprint density at radius 2 is 2.20 bits per heavy atom. The first kappa shape index (κ1) is 13.0. The van der Waals surface area contributed by atoms with Crippen molar-refractivity contribution in [2.75, 3.05) is 0 Å². The third-order valence-corrected chi connectivity index (χ3v) is 3.90. The van der Waals surface area contributed by atoms with Crippen LogP contribution in [0.2, 0.25) is 0 Å². The van der Waals surface area contributed by atoms with E-state index in [1.54, 1.807) is 18.3 Å². The topological polar surface area (TPSA) is 30.0 Å². The molecular formula is C17H16FNO. The summed E-state index contributed by atoms with van der Waals surface area (Å²) < 4.78 is 13.9. The molecule has 0 amide bonds. The molecule has 2 aromatic rings. The molecule has 1 aromatic carbocycles. The van der Waals surface area contributed by atoms with E-state index in [4.69, 9.17) is 0 Å². The summed E-state index contributed by atoms with van der Waals surface area (Å²) in [5.74, 6) is -0.897. The minimum atomic E-state index is -0.441. The summed E-state index contributed by atoms with van der Waals surface area (Å²) in [4.78, 5) is 17.0. The highest BCUT2D eigenvalue weighted by molar-refractivity contribution is 6.01. The molecule has 20 heavy (non-hydrogen) atoms. The van der Waals surface area contributed by atoms with Gasteiger partial charge in [0.2, 0.25) is 0 Å². The zero-order valence-corrected chi connectivity index (χ0v) is 11.4. The van der Waals surface area contributed by atoms with Crippen LogP contribution in [-0.2, 0) is 6.42 Å². The van der Waals surface area contributed by atoms with Crippen LogP contribution >= 0.6 is 0 Å². The number of carbonyl (C=O) groups is 1. The van der Waals surface area contributed by atoms with Crippen molar-refractivity contribution >= 4 is 5.78 Å². The van der Waals surface area contributed by atoms with Gasteiger partial charge in [0.25, 0.3) is 0 Å². The molecule has 0 aliphatic heterocycles.